The Morgan fingerprint density at radius 3 is 2.46 bits per heavy atom. The SMILES string of the molecule is COCCN1CC2(CCCC2)N(Cc2ccc(OC(C)C)cc2)CC1=O. The summed E-state index contributed by atoms with van der Waals surface area (Å²) in [6.45, 7) is 7.55. The predicted molar refractivity (Wildman–Crippen MR) is 102 cm³/mol. The molecule has 144 valence electrons. The van der Waals surface area contributed by atoms with E-state index < -0.39 is 0 Å². The van der Waals surface area contributed by atoms with Crippen LogP contribution in [0.2, 0.25) is 0 Å². The molecule has 0 atom stereocenters. The molecule has 0 bridgehead atoms. The molecule has 1 amide bonds. The molecule has 0 unspecified atom stereocenters. The van der Waals surface area contributed by atoms with Crippen molar-refractivity contribution in [2.24, 2.45) is 0 Å². The zero-order chi connectivity index (χ0) is 18.6. The molecule has 1 aromatic carbocycles. The van der Waals surface area contributed by atoms with Gasteiger partial charge < -0.3 is 14.4 Å². The number of methoxy groups -OCH3 is 1. The van der Waals surface area contributed by atoms with Crippen LogP contribution in [0, 0.1) is 0 Å². The second-order valence-corrected chi connectivity index (χ2v) is 7.91. The lowest BCUT2D eigenvalue weighted by Crippen LogP contribution is -2.63. The van der Waals surface area contributed by atoms with E-state index >= 15 is 0 Å². The van der Waals surface area contributed by atoms with Gasteiger partial charge in [-0.3, -0.25) is 9.69 Å². The fourth-order valence-electron chi connectivity index (χ4n) is 4.28. The van der Waals surface area contributed by atoms with Crippen LogP contribution in [0.1, 0.15) is 45.1 Å². The number of nitrogens with zero attached hydrogens (tertiary/aromatic N) is 2. The number of benzene rings is 1. The molecule has 1 aliphatic carbocycles. The average Bonchev–Trinajstić information content (AvgIpc) is 3.07. The van der Waals surface area contributed by atoms with Gasteiger partial charge in [0, 0.05) is 32.3 Å². The molecule has 5 nitrogen and oxygen atoms in total. The Morgan fingerprint density at radius 1 is 1.15 bits per heavy atom. The Labute approximate surface area is 157 Å². The maximum atomic E-state index is 12.6. The predicted octanol–water partition coefficient (Wildman–Crippen LogP) is 3.08. The van der Waals surface area contributed by atoms with Crippen molar-refractivity contribution in [1.82, 2.24) is 9.80 Å². The third-order valence-corrected chi connectivity index (χ3v) is 5.60. The van der Waals surface area contributed by atoms with Crippen LogP contribution in [0.5, 0.6) is 5.75 Å². The van der Waals surface area contributed by atoms with Crippen LogP contribution in [0.25, 0.3) is 0 Å². The first-order chi connectivity index (χ1) is 12.5. The van der Waals surface area contributed by atoms with E-state index in [0.717, 1.165) is 18.8 Å². The van der Waals surface area contributed by atoms with Gasteiger partial charge in [-0.25, -0.2) is 0 Å². The van der Waals surface area contributed by atoms with Gasteiger partial charge in [-0.2, -0.15) is 0 Å². The minimum atomic E-state index is 0.134. The zero-order valence-corrected chi connectivity index (χ0v) is 16.4. The molecular weight excluding hydrogens is 328 g/mol. The Balaban J connectivity index is 1.70. The first-order valence-corrected chi connectivity index (χ1v) is 9.80. The molecule has 1 spiro atoms. The number of piperazine rings is 1. The van der Waals surface area contributed by atoms with Crippen LogP contribution in [0.3, 0.4) is 0 Å². The van der Waals surface area contributed by atoms with Crippen LogP contribution in [-0.4, -0.2) is 60.7 Å². The number of ether oxygens (including phenoxy) is 2. The molecule has 2 fully saturated rings. The minimum Gasteiger partial charge on any atom is -0.491 e. The molecule has 26 heavy (non-hydrogen) atoms. The first-order valence-electron chi connectivity index (χ1n) is 9.80. The Morgan fingerprint density at radius 2 is 1.85 bits per heavy atom. The Hall–Kier alpha value is -1.59. The summed E-state index contributed by atoms with van der Waals surface area (Å²) >= 11 is 0. The summed E-state index contributed by atoms with van der Waals surface area (Å²) in [4.78, 5) is 17.1. The highest BCUT2D eigenvalue weighted by Gasteiger charge is 2.45. The van der Waals surface area contributed by atoms with Crippen molar-refractivity contribution in [3.63, 3.8) is 0 Å². The van der Waals surface area contributed by atoms with E-state index in [1.807, 2.05) is 30.9 Å². The van der Waals surface area contributed by atoms with Crippen molar-refractivity contribution in [3.05, 3.63) is 29.8 Å². The first kappa shape index (κ1) is 19.2. The highest BCUT2D eigenvalue weighted by atomic mass is 16.5. The fraction of sp³-hybridized carbons (Fsp3) is 0.667. The van der Waals surface area contributed by atoms with Crippen molar-refractivity contribution in [2.75, 3.05) is 33.4 Å². The monoisotopic (exact) mass is 360 g/mol. The number of hydrogen-bond acceptors (Lipinski definition) is 4. The van der Waals surface area contributed by atoms with Crippen LogP contribution in [0.15, 0.2) is 24.3 Å². The Kier molecular flexibility index (Phi) is 6.20. The van der Waals surface area contributed by atoms with E-state index in [1.165, 1.54) is 31.2 Å². The van der Waals surface area contributed by atoms with E-state index in [0.29, 0.717) is 19.7 Å². The summed E-state index contributed by atoms with van der Waals surface area (Å²) in [7, 11) is 1.69. The molecule has 1 heterocycles. The molecule has 1 aromatic rings. The standard InChI is InChI=1S/C21H32N2O3/c1-17(2)26-19-8-6-18(7-9-19)14-23-15-20(24)22(12-13-25-3)16-21(23)10-4-5-11-21/h6-9,17H,4-5,10-16H2,1-3H3. The number of rotatable bonds is 7. The highest BCUT2D eigenvalue weighted by Crippen LogP contribution is 2.39. The van der Waals surface area contributed by atoms with E-state index in [9.17, 15) is 4.79 Å². The van der Waals surface area contributed by atoms with Crippen molar-refractivity contribution >= 4 is 5.91 Å². The van der Waals surface area contributed by atoms with Gasteiger partial charge >= 0.3 is 0 Å². The van der Waals surface area contributed by atoms with E-state index in [1.54, 1.807) is 7.11 Å². The molecule has 0 aromatic heterocycles. The molecule has 0 radical (unpaired) electrons. The molecule has 1 aliphatic heterocycles. The van der Waals surface area contributed by atoms with Crippen molar-refractivity contribution < 1.29 is 14.3 Å². The van der Waals surface area contributed by atoms with Gasteiger partial charge in [0.2, 0.25) is 5.91 Å². The lowest BCUT2D eigenvalue weighted by molar-refractivity contribution is -0.144. The summed E-state index contributed by atoms with van der Waals surface area (Å²) in [6, 6.07) is 8.32. The Bertz CT molecular complexity index is 594. The van der Waals surface area contributed by atoms with E-state index in [-0.39, 0.29) is 17.6 Å². The van der Waals surface area contributed by atoms with Crippen molar-refractivity contribution in [1.29, 1.82) is 0 Å². The van der Waals surface area contributed by atoms with Gasteiger partial charge in [-0.1, -0.05) is 25.0 Å². The summed E-state index contributed by atoms with van der Waals surface area (Å²) in [5, 5.41) is 0. The molecule has 1 saturated carbocycles. The molecule has 2 aliphatic rings. The lowest BCUT2D eigenvalue weighted by Gasteiger charge is -2.49. The summed E-state index contributed by atoms with van der Waals surface area (Å²) < 4.78 is 10.9. The molecule has 3 rings (SSSR count). The second kappa shape index (κ2) is 8.40. The molecular formula is C21H32N2O3. The van der Waals surface area contributed by atoms with E-state index in [2.05, 4.69) is 17.0 Å². The van der Waals surface area contributed by atoms with Crippen LogP contribution < -0.4 is 4.74 Å². The quantitative estimate of drug-likeness (QED) is 0.749. The number of hydrogen-bond donors (Lipinski definition) is 0. The van der Waals surface area contributed by atoms with Crippen molar-refractivity contribution in [2.45, 2.75) is 57.7 Å². The van der Waals surface area contributed by atoms with Gasteiger partial charge in [-0.05, 0) is 44.4 Å². The summed E-state index contributed by atoms with van der Waals surface area (Å²) in [6.07, 6.45) is 5.05. The fourth-order valence-corrected chi connectivity index (χ4v) is 4.28. The normalized spacial score (nSPS) is 20.3. The number of carbonyl (C=O) groups excluding carboxylic acids is 1. The number of carbonyl (C=O) groups is 1. The van der Waals surface area contributed by atoms with Crippen LogP contribution in [-0.2, 0) is 16.1 Å². The maximum Gasteiger partial charge on any atom is 0.236 e. The molecule has 5 heteroatoms. The van der Waals surface area contributed by atoms with Crippen LogP contribution in [0.4, 0.5) is 0 Å². The maximum absolute atomic E-state index is 12.6. The zero-order valence-electron chi connectivity index (χ0n) is 16.4. The van der Waals surface area contributed by atoms with Gasteiger partial charge in [0.1, 0.15) is 5.75 Å². The second-order valence-electron chi connectivity index (χ2n) is 7.91. The smallest absolute Gasteiger partial charge is 0.236 e. The van der Waals surface area contributed by atoms with Gasteiger partial charge in [0.25, 0.3) is 0 Å². The third kappa shape index (κ3) is 4.38. The topological polar surface area (TPSA) is 42.0 Å². The van der Waals surface area contributed by atoms with Gasteiger partial charge in [0.15, 0.2) is 0 Å². The largest absolute Gasteiger partial charge is 0.491 e. The van der Waals surface area contributed by atoms with E-state index in [4.69, 9.17) is 9.47 Å². The highest BCUT2D eigenvalue weighted by molar-refractivity contribution is 5.79. The minimum absolute atomic E-state index is 0.134. The third-order valence-electron chi connectivity index (χ3n) is 5.60. The lowest BCUT2D eigenvalue weighted by atomic mass is 9.90. The molecule has 0 N–H and O–H groups in total. The van der Waals surface area contributed by atoms with Gasteiger partial charge in [-0.15, -0.1) is 0 Å². The van der Waals surface area contributed by atoms with Gasteiger partial charge in [0.05, 0.1) is 19.3 Å². The van der Waals surface area contributed by atoms with Crippen molar-refractivity contribution in [3.8, 4) is 5.75 Å². The molecule has 1 saturated heterocycles. The van der Waals surface area contributed by atoms with Crippen LogP contribution >= 0.6 is 0 Å². The average molecular weight is 360 g/mol. The number of amides is 1. The summed E-state index contributed by atoms with van der Waals surface area (Å²) in [5.41, 5.74) is 1.37. The summed E-state index contributed by atoms with van der Waals surface area (Å²) in [5.74, 6) is 1.12.